The first-order valence-corrected chi connectivity index (χ1v) is 7.04. The molecule has 0 spiro atoms. The van der Waals surface area contributed by atoms with Crippen molar-refractivity contribution in [2.75, 3.05) is 7.11 Å². The maximum Gasteiger partial charge on any atom is 0.118 e. The number of rotatable bonds is 5. The van der Waals surface area contributed by atoms with Gasteiger partial charge in [-0.05, 0) is 55.2 Å². The summed E-state index contributed by atoms with van der Waals surface area (Å²) in [6.07, 6.45) is 0. The average molecular weight is 269 g/mol. The normalized spacial score (nSPS) is 12.2. The van der Waals surface area contributed by atoms with Crippen LogP contribution < -0.4 is 10.1 Å². The van der Waals surface area contributed by atoms with Crippen LogP contribution in [0.15, 0.2) is 42.5 Å². The van der Waals surface area contributed by atoms with Gasteiger partial charge >= 0.3 is 0 Å². The molecule has 1 N–H and O–H groups in total. The van der Waals surface area contributed by atoms with Gasteiger partial charge in [0.2, 0.25) is 0 Å². The van der Waals surface area contributed by atoms with Crippen LogP contribution in [0.3, 0.4) is 0 Å². The van der Waals surface area contributed by atoms with Crippen molar-refractivity contribution in [3.8, 4) is 5.75 Å². The van der Waals surface area contributed by atoms with Gasteiger partial charge in [-0.1, -0.05) is 30.3 Å². The van der Waals surface area contributed by atoms with Crippen molar-refractivity contribution in [2.45, 2.75) is 33.4 Å². The Morgan fingerprint density at radius 2 is 1.60 bits per heavy atom. The molecule has 2 nitrogen and oxygen atoms in total. The van der Waals surface area contributed by atoms with Gasteiger partial charge in [0, 0.05) is 12.6 Å². The van der Waals surface area contributed by atoms with Crippen LogP contribution in [0.1, 0.15) is 35.2 Å². The van der Waals surface area contributed by atoms with Gasteiger partial charge in [-0.25, -0.2) is 0 Å². The van der Waals surface area contributed by atoms with Crippen molar-refractivity contribution >= 4 is 0 Å². The molecular weight excluding hydrogens is 246 g/mol. The number of benzene rings is 2. The Morgan fingerprint density at radius 1 is 1.00 bits per heavy atom. The lowest BCUT2D eigenvalue weighted by Gasteiger charge is -2.17. The highest BCUT2D eigenvalue weighted by molar-refractivity contribution is 5.34. The predicted molar refractivity (Wildman–Crippen MR) is 84.2 cm³/mol. The van der Waals surface area contributed by atoms with Gasteiger partial charge in [0.1, 0.15) is 5.75 Å². The lowest BCUT2D eigenvalue weighted by molar-refractivity contribution is 0.414. The molecule has 0 amide bonds. The van der Waals surface area contributed by atoms with E-state index in [2.05, 4.69) is 56.4 Å². The Bertz CT molecular complexity index is 540. The molecule has 0 fully saturated rings. The molecule has 0 bridgehead atoms. The molecule has 0 saturated heterocycles. The molecule has 2 rings (SSSR count). The van der Waals surface area contributed by atoms with E-state index in [1.807, 2.05) is 12.1 Å². The van der Waals surface area contributed by atoms with Crippen molar-refractivity contribution in [1.82, 2.24) is 5.32 Å². The fourth-order valence-electron chi connectivity index (χ4n) is 2.39. The predicted octanol–water partition coefficient (Wildman–Crippen LogP) is 4.16. The van der Waals surface area contributed by atoms with E-state index >= 15 is 0 Å². The van der Waals surface area contributed by atoms with Crippen LogP contribution in [0.25, 0.3) is 0 Å². The van der Waals surface area contributed by atoms with Crippen molar-refractivity contribution < 1.29 is 4.74 Å². The Morgan fingerprint density at radius 3 is 2.15 bits per heavy atom. The fourth-order valence-corrected chi connectivity index (χ4v) is 2.39. The molecule has 0 unspecified atom stereocenters. The van der Waals surface area contributed by atoms with Gasteiger partial charge in [-0.15, -0.1) is 0 Å². The minimum atomic E-state index is 0.319. The number of hydrogen-bond acceptors (Lipinski definition) is 2. The number of ether oxygens (including phenoxy) is 1. The lowest BCUT2D eigenvalue weighted by Crippen LogP contribution is -2.19. The molecule has 0 aliphatic rings. The second-order valence-corrected chi connectivity index (χ2v) is 5.25. The zero-order valence-electron chi connectivity index (χ0n) is 12.7. The number of methoxy groups -OCH3 is 1. The molecule has 0 aliphatic heterocycles. The Balaban J connectivity index is 2.02. The summed E-state index contributed by atoms with van der Waals surface area (Å²) in [4.78, 5) is 0. The van der Waals surface area contributed by atoms with E-state index in [1.54, 1.807) is 7.11 Å². The maximum absolute atomic E-state index is 5.19. The van der Waals surface area contributed by atoms with Crippen molar-refractivity contribution in [3.63, 3.8) is 0 Å². The smallest absolute Gasteiger partial charge is 0.118 e. The summed E-state index contributed by atoms with van der Waals surface area (Å²) in [7, 11) is 1.69. The average Bonchev–Trinajstić information content (AvgIpc) is 2.46. The Hall–Kier alpha value is -1.80. The van der Waals surface area contributed by atoms with E-state index in [1.165, 1.54) is 22.3 Å². The molecule has 2 aromatic carbocycles. The van der Waals surface area contributed by atoms with Crippen LogP contribution in [-0.4, -0.2) is 7.11 Å². The summed E-state index contributed by atoms with van der Waals surface area (Å²) in [5, 5.41) is 3.59. The zero-order valence-corrected chi connectivity index (χ0v) is 12.7. The fraction of sp³-hybridized carbons (Fsp3) is 0.333. The third-order valence-corrected chi connectivity index (χ3v) is 3.85. The summed E-state index contributed by atoms with van der Waals surface area (Å²) in [5.41, 5.74) is 5.36. The van der Waals surface area contributed by atoms with Crippen LogP contribution >= 0.6 is 0 Å². The quantitative estimate of drug-likeness (QED) is 0.880. The highest BCUT2D eigenvalue weighted by Gasteiger charge is 2.07. The maximum atomic E-state index is 5.19. The van der Waals surface area contributed by atoms with Gasteiger partial charge in [0.05, 0.1) is 7.11 Å². The molecular formula is C18H23NO. The van der Waals surface area contributed by atoms with Crippen LogP contribution in [0.4, 0.5) is 0 Å². The molecule has 0 heterocycles. The number of hydrogen-bond donors (Lipinski definition) is 1. The second kappa shape index (κ2) is 6.58. The lowest BCUT2D eigenvalue weighted by atomic mass is 10.0. The topological polar surface area (TPSA) is 21.3 Å². The van der Waals surface area contributed by atoms with Crippen molar-refractivity contribution in [2.24, 2.45) is 0 Å². The number of nitrogens with one attached hydrogen (secondary N) is 1. The van der Waals surface area contributed by atoms with E-state index < -0.39 is 0 Å². The monoisotopic (exact) mass is 269 g/mol. The summed E-state index contributed by atoms with van der Waals surface area (Å²) in [5.74, 6) is 0.899. The van der Waals surface area contributed by atoms with Crippen LogP contribution in [0.2, 0.25) is 0 Å². The SMILES string of the molecule is COc1ccc([C@@H](C)NCc2c(C)cccc2C)cc1. The van der Waals surface area contributed by atoms with E-state index in [9.17, 15) is 0 Å². The molecule has 0 aliphatic carbocycles. The first-order chi connectivity index (χ1) is 9.61. The summed E-state index contributed by atoms with van der Waals surface area (Å²) < 4.78 is 5.19. The molecule has 0 saturated carbocycles. The molecule has 1 atom stereocenters. The summed E-state index contributed by atoms with van der Waals surface area (Å²) in [6.45, 7) is 7.42. The minimum absolute atomic E-state index is 0.319. The first kappa shape index (κ1) is 14.6. The first-order valence-electron chi connectivity index (χ1n) is 7.04. The van der Waals surface area contributed by atoms with Gasteiger partial charge in [-0.2, -0.15) is 0 Å². The van der Waals surface area contributed by atoms with Gasteiger partial charge in [-0.3, -0.25) is 0 Å². The van der Waals surface area contributed by atoms with E-state index in [4.69, 9.17) is 4.74 Å². The van der Waals surface area contributed by atoms with Crippen LogP contribution in [-0.2, 0) is 6.54 Å². The molecule has 2 aromatic rings. The Kier molecular flexibility index (Phi) is 4.80. The second-order valence-electron chi connectivity index (χ2n) is 5.25. The molecule has 0 radical (unpaired) electrons. The third kappa shape index (κ3) is 3.40. The van der Waals surface area contributed by atoms with Gasteiger partial charge in [0.15, 0.2) is 0 Å². The van der Waals surface area contributed by atoms with E-state index in [0.717, 1.165) is 12.3 Å². The molecule has 2 heteroatoms. The standard InChI is InChI=1S/C18H23NO/c1-13-6-5-7-14(2)18(13)12-19-15(3)16-8-10-17(20-4)11-9-16/h5-11,15,19H,12H2,1-4H3/t15-/m1/s1. The highest BCUT2D eigenvalue weighted by atomic mass is 16.5. The Labute approximate surface area is 121 Å². The molecule has 0 aromatic heterocycles. The highest BCUT2D eigenvalue weighted by Crippen LogP contribution is 2.19. The zero-order chi connectivity index (χ0) is 14.5. The summed E-state index contributed by atoms with van der Waals surface area (Å²) in [6, 6.07) is 15.0. The third-order valence-electron chi connectivity index (χ3n) is 3.85. The van der Waals surface area contributed by atoms with Crippen molar-refractivity contribution in [1.29, 1.82) is 0 Å². The van der Waals surface area contributed by atoms with Gasteiger partial charge in [0.25, 0.3) is 0 Å². The van der Waals surface area contributed by atoms with Crippen LogP contribution in [0.5, 0.6) is 5.75 Å². The van der Waals surface area contributed by atoms with Crippen LogP contribution in [0, 0.1) is 13.8 Å². The summed E-state index contributed by atoms with van der Waals surface area (Å²) >= 11 is 0. The minimum Gasteiger partial charge on any atom is -0.497 e. The largest absolute Gasteiger partial charge is 0.497 e. The van der Waals surface area contributed by atoms with E-state index in [0.29, 0.717) is 6.04 Å². The molecule has 106 valence electrons. The molecule has 20 heavy (non-hydrogen) atoms. The van der Waals surface area contributed by atoms with Crippen molar-refractivity contribution in [3.05, 3.63) is 64.7 Å². The number of aryl methyl sites for hydroxylation is 2. The van der Waals surface area contributed by atoms with Gasteiger partial charge < -0.3 is 10.1 Å². The van der Waals surface area contributed by atoms with E-state index in [-0.39, 0.29) is 0 Å².